The van der Waals surface area contributed by atoms with Gasteiger partial charge in [0.2, 0.25) is 5.88 Å². The van der Waals surface area contributed by atoms with Crippen molar-refractivity contribution in [2.24, 2.45) is 0 Å². The molecular weight excluding hydrogens is 246 g/mol. The first-order valence-corrected chi connectivity index (χ1v) is 7.59. The first-order chi connectivity index (χ1) is 8.67. The molecule has 0 aliphatic heterocycles. The molecule has 4 nitrogen and oxygen atoms in total. The van der Waals surface area contributed by atoms with Crippen molar-refractivity contribution in [3.63, 3.8) is 0 Å². The van der Waals surface area contributed by atoms with E-state index in [0.29, 0.717) is 10.6 Å². The summed E-state index contributed by atoms with van der Waals surface area (Å²) in [5, 5.41) is 3.44. The van der Waals surface area contributed by atoms with Gasteiger partial charge in [-0.25, -0.2) is 4.98 Å². The van der Waals surface area contributed by atoms with Gasteiger partial charge >= 0.3 is 0 Å². The van der Waals surface area contributed by atoms with E-state index in [1.807, 2.05) is 24.8 Å². The number of rotatable bonds is 5. The first kappa shape index (κ1) is 13.5. The van der Waals surface area contributed by atoms with Crippen LogP contribution in [0, 0.1) is 6.92 Å². The molecule has 5 heteroatoms. The molecule has 0 saturated heterocycles. The van der Waals surface area contributed by atoms with Gasteiger partial charge in [0.05, 0.1) is 7.11 Å². The fourth-order valence-electron chi connectivity index (χ4n) is 2.46. The average molecular weight is 267 g/mol. The van der Waals surface area contributed by atoms with E-state index in [2.05, 4.69) is 21.5 Å². The topological polar surface area (TPSA) is 47.0 Å². The molecule has 18 heavy (non-hydrogen) atoms. The standard InChI is InChI=1S/C13H21N3OS/c1-10-15-11(8-12(16-10)17-2)14-9-13(18-3)6-4-5-7-13/h8H,4-7,9H2,1-3H3,(H,14,15,16). The fraction of sp³-hybridized carbons (Fsp3) is 0.692. The van der Waals surface area contributed by atoms with Crippen LogP contribution in [0.4, 0.5) is 5.82 Å². The highest BCUT2D eigenvalue weighted by Crippen LogP contribution is 2.40. The molecule has 0 amide bonds. The quantitative estimate of drug-likeness (QED) is 0.889. The molecule has 0 radical (unpaired) electrons. The maximum absolute atomic E-state index is 5.16. The minimum absolute atomic E-state index is 0.381. The van der Waals surface area contributed by atoms with Crippen molar-refractivity contribution >= 4 is 17.6 Å². The van der Waals surface area contributed by atoms with Gasteiger partial charge in [-0.2, -0.15) is 16.7 Å². The van der Waals surface area contributed by atoms with Gasteiger partial charge in [-0.3, -0.25) is 0 Å². The van der Waals surface area contributed by atoms with Gasteiger partial charge in [-0.05, 0) is 26.0 Å². The van der Waals surface area contributed by atoms with Crippen LogP contribution in [0.15, 0.2) is 6.07 Å². The summed E-state index contributed by atoms with van der Waals surface area (Å²) in [6.07, 6.45) is 7.48. The van der Waals surface area contributed by atoms with Crippen molar-refractivity contribution in [2.75, 3.05) is 25.2 Å². The molecule has 1 aromatic rings. The second-order valence-corrected chi connectivity index (χ2v) is 6.06. The van der Waals surface area contributed by atoms with E-state index in [-0.39, 0.29) is 0 Å². The highest BCUT2D eigenvalue weighted by molar-refractivity contribution is 8.00. The van der Waals surface area contributed by atoms with Crippen LogP contribution in [0.1, 0.15) is 31.5 Å². The molecule has 2 rings (SSSR count). The fourth-order valence-corrected chi connectivity index (χ4v) is 3.37. The molecule has 1 fully saturated rings. The van der Waals surface area contributed by atoms with Crippen LogP contribution in [-0.4, -0.2) is 34.6 Å². The summed E-state index contributed by atoms with van der Waals surface area (Å²) in [5.41, 5.74) is 0. The summed E-state index contributed by atoms with van der Waals surface area (Å²) in [4.78, 5) is 8.59. The van der Waals surface area contributed by atoms with Gasteiger partial charge in [-0.15, -0.1) is 0 Å². The number of hydrogen-bond donors (Lipinski definition) is 1. The Morgan fingerprint density at radius 2 is 2.11 bits per heavy atom. The van der Waals surface area contributed by atoms with Crippen LogP contribution >= 0.6 is 11.8 Å². The monoisotopic (exact) mass is 267 g/mol. The van der Waals surface area contributed by atoms with Gasteiger partial charge in [0, 0.05) is 17.4 Å². The maximum atomic E-state index is 5.16. The van der Waals surface area contributed by atoms with Crippen molar-refractivity contribution in [1.29, 1.82) is 0 Å². The Balaban J connectivity index is 2.03. The summed E-state index contributed by atoms with van der Waals surface area (Å²) in [6.45, 7) is 2.85. The Morgan fingerprint density at radius 3 is 2.72 bits per heavy atom. The molecular formula is C13H21N3OS. The predicted octanol–water partition coefficient (Wildman–Crippen LogP) is 2.88. The van der Waals surface area contributed by atoms with Crippen LogP contribution in [0.3, 0.4) is 0 Å². The summed E-state index contributed by atoms with van der Waals surface area (Å²) >= 11 is 1.98. The number of nitrogens with zero attached hydrogens (tertiary/aromatic N) is 2. The molecule has 0 bridgehead atoms. The lowest BCUT2D eigenvalue weighted by Crippen LogP contribution is -2.30. The average Bonchev–Trinajstić information content (AvgIpc) is 2.85. The van der Waals surface area contributed by atoms with Crippen molar-refractivity contribution in [3.05, 3.63) is 11.9 Å². The minimum atomic E-state index is 0.381. The SMILES string of the molecule is COc1cc(NCC2(SC)CCCC2)nc(C)n1. The number of anilines is 1. The third kappa shape index (κ3) is 3.07. The summed E-state index contributed by atoms with van der Waals surface area (Å²) in [5.74, 6) is 2.22. The van der Waals surface area contributed by atoms with Gasteiger partial charge in [-0.1, -0.05) is 12.8 Å². The van der Waals surface area contributed by atoms with E-state index in [9.17, 15) is 0 Å². The Hall–Kier alpha value is -0.970. The molecule has 1 saturated carbocycles. The molecule has 1 aliphatic carbocycles. The largest absolute Gasteiger partial charge is 0.481 e. The Morgan fingerprint density at radius 1 is 1.39 bits per heavy atom. The number of methoxy groups -OCH3 is 1. The second kappa shape index (κ2) is 5.78. The Kier molecular flexibility index (Phi) is 4.32. The summed E-state index contributed by atoms with van der Waals surface area (Å²) in [7, 11) is 1.63. The van der Waals surface area contributed by atoms with Crippen molar-refractivity contribution in [1.82, 2.24) is 9.97 Å². The number of aromatic nitrogens is 2. The first-order valence-electron chi connectivity index (χ1n) is 6.36. The smallest absolute Gasteiger partial charge is 0.218 e. The second-order valence-electron chi connectivity index (χ2n) is 4.79. The van der Waals surface area contributed by atoms with Crippen molar-refractivity contribution in [2.45, 2.75) is 37.4 Å². The zero-order valence-corrected chi connectivity index (χ0v) is 12.1. The number of hydrogen-bond acceptors (Lipinski definition) is 5. The summed E-state index contributed by atoms with van der Waals surface area (Å²) < 4.78 is 5.54. The van der Waals surface area contributed by atoms with Gasteiger partial charge < -0.3 is 10.1 Å². The zero-order valence-electron chi connectivity index (χ0n) is 11.3. The third-order valence-electron chi connectivity index (χ3n) is 3.56. The highest BCUT2D eigenvalue weighted by atomic mass is 32.2. The van der Waals surface area contributed by atoms with E-state index in [1.54, 1.807) is 7.11 Å². The number of nitrogens with one attached hydrogen (secondary N) is 1. The van der Waals surface area contributed by atoms with E-state index >= 15 is 0 Å². The lowest BCUT2D eigenvalue weighted by molar-refractivity contribution is 0.396. The van der Waals surface area contributed by atoms with Gasteiger partial charge in [0.1, 0.15) is 11.6 Å². The lowest BCUT2D eigenvalue weighted by atomic mass is 10.1. The van der Waals surface area contributed by atoms with E-state index in [1.165, 1.54) is 25.7 Å². The number of aryl methyl sites for hydroxylation is 1. The molecule has 1 heterocycles. The lowest BCUT2D eigenvalue weighted by Gasteiger charge is -2.27. The molecule has 0 spiro atoms. The normalized spacial score (nSPS) is 17.7. The molecule has 0 unspecified atom stereocenters. The molecule has 1 aliphatic rings. The number of thioether (sulfide) groups is 1. The van der Waals surface area contributed by atoms with Gasteiger partial charge in [0.15, 0.2) is 0 Å². The van der Waals surface area contributed by atoms with Gasteiger partial charge in [0.25, 0.3) is 0 Å². The van der Waals surface area contributed by atoms with Crippen LogP contribution in [-0.2, 0) is 0 Å². The van der Waals surface area contributed by atoms with Crippen LogP contribution in [0.2, 0.25) is 0 Å². The minimum Gasteiger partial charge on any atom is -0.481 e. The zero-order chi connectivity index (χ0) is 13.0. The number of ether oxygens (including phenoxy) is 1. The van der Waals surface area contributed by atoms with Crippen LogP contribution < -0.4 is 10.1 Å². The van der Waals surface area contributed by atoms with E-state index < -0.39 is 0 Å². The maximum Gasteiger partial charge on any atom is 0.218 e. The Labute approximate surface area is 113 Å². The highest BCUT2D eigenvalue weighted by Gasteiger charge is 2.32. The predicted molar refractivity (Wildman–Crippen MR) is 76.5 cm³/mol. The molecule has 1 aromatic heterocycles. The van der Waals surface area contributed by atoms with Crippen LogP contribution in [0.25, 0.3) is 0 Å². The molecule has 0 atom stereocenters. The third-order valence-corrected chi connectivity index (χ3v) is 4.98. The Bertz CT molecular complexity index is 405. The van der Waals surface area contributed by atoms with Crippen LogP contribution in [0.5, 0.6) is 5.88 Å². The summed E-state index contributed by atoms with van der Waals surface area (Å²) in [6, 6.07) is 1.86. The van der Waals surface area contributed by atoms with E-state index in [4.69, 9.17) is 4.74 Å². The van der Waals surface area contributed by atoms with Crippen molar-refractivity contribution in [3.8, 4) is 5.88 Å². The molecule has 1 N–H and O–H groups in total. The molecule has 0 aromatic carbocycles. The molecule has 100 valence electrons. The van der Waals surface area contributed by atoms with Crippen molar-refractivity contribution < 1.29 is 4.74 Å². The van der Waals surface area contributed by atoms with E-state index in [0.717, 1.165) is 18.2 Å².